The van der Waals surface area contributed by atoms with Crippen LogP contribution >= 0.6 is 11.3 Å². The van der Waals surface area contributed by atoms with Gasteiger partial charge in [0.25, 0.3) is 5.56 Å². The molecule has 0 aliphatic heterocycles. The molecular formula is C22H19N3O3S. The van der Waals surface area contributed by atoms with Crippen LogP contribution < -0.4 is 5.56 Å². The SMILES string of the molecule is Cc1ccc(C(=O)CCc2cn(-c3ccc(-n4c(O)cccc4=O)cc3)cn2)s1. The van der Waals surface area contributed by atoms with Crippen LogP contribution in [0.25, 0.3) is 11.4 Å². The van der Waals surface area contributed by atoms with Crippen molar-refractivity contribution in [2.75, 3.05) is 0 Å². The average molecular weight is 405 g/mol. The number of aryl methyl sites for hydroxylation is 2. The number of hydrogen-bond donors (Lipinski definition) is 1. The lowest BCUT2D eigenvalue weighted by Crippen LogP contribution is -2.16. The van der Waals surface area contributed by atoms with Crippen LogP contribution in [0.4, 0.5) is 0 Å². The van der Waals surface area contributed by atoms with Crippen LogP contribution in [0, 0.1) is 6.92 Å². The molecule has 0 radical (unpaired) electrons. The molecule has 0 spiro atoms. The molecule has 146 valence electrons. The van der Waals surface area contributed by atoms with E-state index in [2.05, 4.69) is 4.98 Å². The normalized spacial score (nSPS) is 10.9. The molecule has 0 unspecified atom stereocenters. The minimum Gasteiger partial charge on any atom is -0.494 e. The predicted octanol–water partition coefficient (Wildman–Crippen LogP) is 3.91. The van der Waals surface area contributed by atoms with Crippen molar-refractivity contribution >= 4 is 17.1 Å². The largest absolute Gasteiger partial charge is 0.494 e. The van der Waals surface area contributed by atoms with Crippen LogP contribution in [-0.4, -0.2) is 25.0 Å². The van der Waals surface area contributed by atoms with Crippen LogP contribution in [-0.2, 0) is 6.42 Å². The van der Waals surface area contributed by atoms with E-state index < -0.39 is 0 Å². The molecule has 0 aliphatic rings. The van der Waals surface area contributed by atoms with Gasteiger partial charge in [0.15, 0.2) is 11.7 Å². The van der Waals surface area contributed by atoms with Gasteiger partial charge in [0.2, 0.25) is 0 Å². The quantitative estimate of drug-likeness (QED) is 0.494. The Labute approximate surface area is 171 Å². The molecule has 29 heavy (non-hydrogen) atoms. The van der Waals surface area contributed by atoms with Gasteiger partial charge in [-0.25, -0.2) is 9.55 Å². The molecule has 6 nitrogen and oxygen atoms in total. The van der Waals surface area contributed by atoms with Gasteiger partial charge in [-0.3, -0.25) is 9.59 Å². The molecule has 0 fully saturated rings. The summed E-state index contributed by atoms with van der Waals surface area (Å²) < 4.78 is 3.10. The summed E-state index contributed by atoms with van der Waals surface area (Å²) in [7, 11) is 0. The van der Waals surface area contributed by atoms with Gasteiger partial charge in [-0.15, -0.1) is 11.3 Å². The molecule has 7 heteroatoms. The van der Waals surface area contributed by atoms with Crippen molar-refractivity contribution in [1.82, 2.24) is 14.1 Å². The Morgan fingerprint density at radius 2 is 1.83 bits per heavy atom. The molecular weight excluding hydrogens is 386 g/mol. The molecule has 4 rings (SSSR count). The highest BCUT2D eigenvalue weighted by molar-refractivity contribution is 7.14. The molecule has 0 saturated heterocycles. The number of thiophene rings is 1. The lowest BCUT2D eigenvalue weighted by molar-refractivity contribution is 0.0986. The summed E-state index contributed by atoms with van der Waals surface area (Å²) in [5.41, 5.74) is 1.99. The highest BCUT2D eigenvalue weighted by atomic mass is 32.1. The Hall–Kier alpha value is -3.45. The molecule has 1 aromatic carbocycles. The molecule has 0 aliphatic carbocycles. The van der Waals surface area contributed by atoms with E-state index >= 15 is 0 Å². The third kappa shape index (κ3) is 4.05. The monoisotopic (exact) mass is 405 g/mol. The maximum Gasteiger partial charge on any atom is 0.257 e. The number of carbonyl (C=O) groups is 1. The van der Waals surface area contributed by atoms with E-state index in [0.717, 1.165) is 21.1 Å². The van der Waals surface area contributed by atoms with Crippen molar-refractivity contribution < 1.29 is 9.90 Å². The summed E-state index contributed by atoms with van der Waals surface area (Å²) in [6.45, 7) is 1.99. The van der Waals surface area contributed by atoms with Gasteiger partial charge in [-0.1, -0.05) is 6.07 Å². The number of hydrogen-bond acceptors (Lipinski definition) is 5. The van der Waals surface area contributed by atoms with E-state index in [1.165, 1.54) is 34.1 Å². The van der Waals surface area contributed by atoms with E-state index in [4.69, 9.17) is 0 Å². The number of aromatic nitrogens is 3. The number of benzene rings is 1. The Balaban J connectivity index is 1.47. The molecule has 4 aromatic rings. The first-order valence-corrected chi connectivity index (χ1v) is 9.97. The molecule has 0 saturated carbocycles. The van der Waals surface area contributed by atoms with Crippen LogP contribution in [0.5, 0.6) is 5.88 Å². The van der Waals surface area contributed by atoms with Crippen molar-refractivity contribution in [2.24, 2.45) is 0 Å². The van der Waals surface area contributed by atoms with E-state index in [0.29, 0.717) is 18.5 Å². The molecule has 0 amide bonds. The van der Waals surface area contributed by atoms with Crippen molar-refractivity contribution in [2.45, 2.75) is 19.8 Å². The summed E-state index contributed by atoms with van der Waals surface area (Å²) in [5, 5.41) is 9.94. The number of pyridine rings is 1. The molecule has 1 N–H and O–H groups in total. The summed E-state index contributed by atoms with van der Waals surface area (Å²) in [6, 6.07) is 15.4. The van der Waals surface area contributed by atoms with Crippen LogP contribution in [0.1, 0.15) is 26.7 Å². The Bertz CT molecular complexity index is 1220. The van der Waals surface area contributed by atoms with Crippen molar-refractivity contribution in [3.63, 3.8) is 0 Å². The third-order valence-electron chi connectivity index (χ3n) is 4.60. The molecule has 0 atom stereocenters. The fraction of sp³-hybridized carbons (Fsp3) is 0.136. The summed E-state index contributed by atoms with van der Waals surface area (Å²) in [4.78, 5) is 30.6. The first kappa shape index (κ1) is 18.9. The first-order valence-electron chi connectivity index (χ1n) is 9.15. The van der Waals surface area contributed by atoms with Gasteiger partial charge in [0, 0.05) is 29.2 Å². The van der Waals surface area contributed by atoms with Crippen LogP contribution in [0.2, 0.25) is 0 Å². The smallest absolute Gasteiger partial charge is 0.257 e. The van der Waals surface area contributed by atoms with Gasteiger partial charge in [-0.2, -0.15) is 0 Å². The topological polar surface area (TPSA) is 77.1 Å². The third-order valence-corrected chi connectivity index (χ3v) is 5.64. The second-order valence-corrected chi connectivity index (χ2v) is 7.97. The molecule has 3 heterocycles. The zero-order valence-corrected chi connectivity index (χ0v) is 16.6. The van der Waals surface area contributed by atoms with Crippen LogP contribution in [0.15, 0.2) is 71.9 Å². The van der Waals surface area contributed by atoms with Gasteiger partial charge in [0.1, 0.15) is 0 Å². The van der Waals surface area contributed by atoms with Gasteiger partial charge >= 0.3 is 0 Å². The molecule has 0 bridgehead atoms. The predicted molar refractivity (Wildman–Crippen MR) is 113 cm³/mol. The number of rotatable bonds is 6. The van der Waals surface area contributed by atoms with E-state index in [-0.39, 0.29) is 17.2 Å². The van der Waals surface area contributed by atoms with Crippen molar-refractivity contribution in [3.05, 3.63) is 92.9 Å². The second kappa shape index (κ2) is 7.89. The zero-order chi connectivity index (χ0) is 20.4. The van der Waals surface area contributed by atoms with E-state index in [9.17, 15) is 14.7 Å². The van der Waals surface area contributed by atoms with E-state index in [1.54, 1.807) is 18.5 Å². The van der Waals surface area contributed by atoms with Gasteiger partial charge in [-0.05, 0) is 55.8 Å². The Morgan fingerprint density at radius 3 is 2.52 bits per heavy atom. The second-order valence-electron chi connectivity index (χ2n) is 6.68. The Morgan fingerprint density at radius 1 is 1.07 bits per heavy atom. The lowest BCUT2D eigenvalue weighted by Gasteiger charge is -2.09. The highest BCUT2D eigenvalue weighted by Crippen LogP contribution is 2.19. The Kier molecular flexibility index (Phi) is 5.14. The number of imidazole rings is 1. The van der Waals surface area contributed by atoms with Crippen molar-refractivity contribution in [3.8, 4) is 17.3 Å². The summed E-state index contributed by atoms with van der Waals surface area (Å²) >= 11 is 1.52. The minimum absolute atomic E-state index is 0.110. The fourth-order valence-corrected chi connectivity index (χ4v) is 3.93. The van der Waals surface area contributed by atoms with Gasteiger partial charge in [0.05, 0.1) is 22.6 Å². The number of carbonyl (C=O) groups excluding carboxylic acids is 1. The van der Waals surface area contributed by atoms with Crippen molar-refractivity contribution in [1.29, 1.82) is 0 Å². The zero-order valence-electron chi connectivity index (χ0n) is 15.8. The van der Waals surface area contributed by atoms with Gasteiger partial charge < -0.3 is 9.67 Å². The number of nitrogens with zero attached hydrogens (tertiary/aromatic N) is 3. The first-order chi connectivity index (χ1) is 14.0. The molecule has 3 aromatic heterocycles. The fourth-order valence-electron chi connectivity index (χ4n) is 3.09. The lowest BCUT2D eigenvalue weighted by atomic mass is 10.1. The van der Waals surface area contributed by atoms with Crippen LogP contribution in [0.3, 0.4) is 0 Å². The minimum atomic E-state index is -0.298. The average Bonchev–Trinajstić information content (AvgIpc) is 3.36. The maximum absolute atomic E-state index is 12.3. The summed E-state index contributed by atoms with van der Waals surface area (Å²) in [6.07, 6.45) is 4.60. The number of ketones is 1. The number of aromatic hydroxyl groups is 1. The standard InChI is InChI=1S/C22H19N3O3S/c1-15-5-12-20(29-15)19(26)11-6-16-13-24(14-23-16)17-7-9-18(10-8-17)25-21(27)3-2-4-22(25)28/h2-5,7-10,12-14,27H,6,11H2,1H3. The highest BCUT2D eigenvalue weighted by Gasteiger charge is 2.10. The number of Topliss-reactive ketones (excluding diaryl/α,β-unsaturated/α-hetero) is 1. The van der Waals surface area contributed by atoms with E-state index in [1.807, 2.05) is 42.0 Å². The maximum atomic E-state index is 12.3. The summed E-state index contributed by atoms with van der Waals surface area (Å²) in [5.74, 6) is 0.0240.